The molecule has 1 atom stereocenters. The minimum atomic E-state index is -0.151. The van der Waals surface area contributed by atoms with Crippen LogP contribution < -0.4 is 0 Å². The zero-order valence-corrected chi connectivity index (χ0v) is 8.73. The van der Waals surface area contributed by atoms with Gasteiger partial charge in [-0.15, -0.1) is 0 Å². The number of benzene rings is 1. The van der Waals surface area contributed by atoms with Gasteiger partial charge in [0.25, 0.3) is 0 Å². The van der Waals surface area contributed by atoms with Crippen molar-refractivity contribution < 1.29 is 4.79 Å². The average Bonchev–Trinajstić information content (AvgIpc) is 2.27. The van der Waals surface area contributed by atoms with Crippen molar-refractivity contribution in [3.05, 3.63) is 42.9 Å². The molecular weight excluding hydrogens is 174 g/mol. The summed E-state index contributed by atoms with van der Waals surface area (Å²) in [5, 5.41) is 0. The van der Waals surface area contributed by atoms with E-state index in [2.05, 4.69) is 7.05 Å². The Hall–Kier alpha value is -1.15. The average molecular weight is 190 g/mol. The van der Waals surface area contributed by atoms with E-state index in [0.29, 0.717) is 0 Å². The van der Waals surface area contributed by atoms with Crippen LogP contribution in [0.15, 0.2) is 30.3 Å². The number of likely N-dealkylation sites (N-methyl/N-ethyl adjacent to an activating group) is 1. The quantitative estimate of drug-likeness (QED) is 0.536. The van der Waals surface area contributed by atoms with E-state index in [0.717, 1.165) is 12.1 Å². The molecule has 0 aliphatic rings. The number of hydrogen-bond donors (Lipinski definition) is 0. The third-order valence-corrected chi connectivity index (χ3v) is 2.39. The minimum Gasteiger partial charge on any atom is -0.451 e. The van der Waals surface area contributed by atoms with Crippen LogP contribution in [0.3, 0.4) is 0 Å². The molecule has 1 rings (SSSR count). The van der Waals surface area contributed by atoms with Crippen LogP contribution in [0.25, 0.3) is 0 Å². The summed E-state index contributed by atoms with van der Waals surface area (Å²) < 4.78 is 0. The Kier molecular flexibility index (Phi) is 3.84. The largest absolute Gasteiger partial charge is 0.451 e. The number of hydrogen-bond acceptors (Lipinski definition) is 2. The number of rotatable bonds is 4. The van der Waals surface area contributed by atoms with Gasteiger partial charge in [-0.1, -0.05) is 37.3 Å². The molecule has 0 saturated carbocycles. The van der Waals surface area contributed by atoms with Crippen molar-refractivity contribution >= 4 is 5.78 Å². The smallest absolute Gasteiger partial charge is 0.177 e. The molecule has 0 bridgehead atoms. The normalized spacial score (nSPS) is 12.9. The lowest BCUT2D eigenvalue weighted by molar-refractivity contribution is 0.0888. The molecule has 2 nitrogen and oxygen atoms in total. The molecule has 0 fully saturated rings. The summed E-state index contributed by atoms with van der Waals surface area (Å²) in [7, 11) is 3.82. The molecule has 0 aliphatic carbocycles. The van der Waals surface area contributed by atoms with Gasteiger partial charge in [-0.05, 0) is 13.5 Å². The maximum Gasteiger partial charge on any atom is 0.177 e. The summed E-state index contributed by atoms with van der Waals surface area (Å²) in [6, 6.07) is 9.18. The van der Waals surface area contributed by atoms with Crippen molar-refractivity contribution in [3.63, 3.8) is 0 Å². The zero-order valence-electron chi connectivity index (χ0n) is 8.73. The van der Waals surface area contributed by atoms with E-state index in [-0.39, 0.29) is 11.8 Å². The highest BCUT2D eigenvalue weighted by atomic mass is 16.1. The van der Waals surface area contributed by atoms with E-state index in [4.69, 9.17) is 0 Å². The second kappa shape index (κ2) is 4.91. The molecule has 0 aromatic heterocycles. The monoisotopic (exact) mass is 190 g/mol. The highest BCUT2D eigenvalue weighted by Gasteiger charge is 2.14. The van der Waals surface area contributed by atoms with Crippen LogP contribution >= 0.6 is 0 Å². The molecule has 0 radical (unpaired) electrons. The van der Waals surface area contributed by atoms with Gasteiger partial charge < -0.3 is 4.90 Å². The van der Waals surface area contributed by atoms with E-state index >= 15 is 0 Å². The third kappa shape index (κ3) is 2.42. The van der Waals surface area contributed by atoms with Crippen LogP contribution in [0.5, 0.6) is 0 Å². The Morgan fingerprint density at radius 3 is 2.50 bits per heavy atom. The zero-order chi connectivity index (χ0) is 10.6. The number of carbonyl (C=O) groups excluding carboxylic acids is 1. The fourth-order valence-electron chi connectivity index (χ4n) is 1.28. The van der Waals surface area contributed by atoms with Crippen LogP contribution in [0.4, 0.5) is 0 Å². The van der Waals surface area contributed by atoms with Gasteiger partial charge in [-0.25, -0.2) is 0 Å². The highest BCUT2D eigenvalue weighted by molar-refractivity contribution is 5.99. The summed E-state index contributed by atoms with van der Waals surface area (Å²) in [4.78, 5) is 13.7. The molecular formula is C12H16NO-. The topological polar surface area (TPSA) is 20.3 Å². The minimum absolute atomic E-state index is 0.127. The lowest BCUT2D eigenvalue weighted by atomic mass is 10.0. The summed E-state index contributed by atoms with van der Waals surface area (Å²) in [5.74, 6) is 0.127. The first-order valence-electron chi connectivity index (χ1n) is 4.83. The van der Waals surface area contributed by atoms with Gasteiger partial charge in [0.1, 0.15) is 0 Å². The summed E-state index contributed by atoms with van der Waals surface area (Å²) in [6.07, 6.45) is 0. The molecule has 1 aromatic rings. The van der Waals surface area contributed by atoms with E-state index < -0.39 is 0 Å². The van der Waals surface area contributed by atoms with Crippen molar-refractivity contribution in [1.29, 1.82) is 0 Å². The Balaban J connectivity index is 2.76. The second-order valence-electron chi connectivity index (χ2n) is 3.31. The third-order valence-electron chi connectivity index (χ3n) is 2.39. The van der Waals surface area contributed by atoms with Gasteiger partial charge in [-0.2, -0.15) is 0 Å². The molecule has 14 heavy (non-hydrogen) atoms. The number of ketones is 1. The predicted molar refractivity (Wildman–Crippen MR) is 58.0 cm³/mol. The first kappa shape index (κ1) is 10.9. The lowest BCUT2D eigenvalue weighted by Crippen LogP contribution is -2.34. The van der Waals surface area contributed by atoms with Gasteiger partial charge in [0.05, 0.1) is 0 Å². The Labute approximate surface area is 85.5 Å². The lowest BCUT2D eigenvalue weighted by Gasteiger charge is -2.29. The van der Waals surface area contributed by atoms with Crippen LogP contribution in [0.2, 0.25) is 0 Å². The van der Waals surface area contributed by atoms with Crippen LogP contribution in [0.1, 0.15) is 24.2 Å². The Morgan fingerprint density at radius 1 is 1.43 bits per heavy atom. The molecule has 2 heteroatoms. The van der Waals surface area contributed by atoms with Gasteiger partial charge in [0.2, 0.25) is 0 Å². The summed E-state index contributed by atoms with van der Waals surface area (Å²) >= 11 is 0. The maximum atomic E-state index is 11.9. The van der Waals surface area contributed by atoms with E-state index in [1.165, 1.54) is 0 Å². The van der Waals surface area contributed by atoms with Gasteiger partial charge in [0.15, 0.2) is 5.78 Å². The first-order valence-corrected chi connectivity index (χ1v) is 4.83. The Bertz CT molecular complexity index is 294. The molecule has 0 amide bonds. The number of nitrogens with zero attached hydrogens (tertiary/aromatic N) is 1. The molecule has 0 N–H and O–H groups in total. The van der Waals surface area contributed by atoms with Crippen molar-refractivity contribution in [1.82, 2.24) is 4.90 Å². The Morgan fingerprint density at radius 2 is 2.00 bits per heavy atom. The molecule has 0 heterocycles. The summed E-state index contributed by atoms with van der Waals surface area (Å²) in [6.45, 7) is 4.65. The van der Waals surface area contributed by atoms with Crippen molar-refractivity contribution in [2.45, 2.75) is 19.9 Å². The number of Topliss-reactive ketones (excluding diaryl/α,β-unsaturated/α-hetero) is 1. The first-order chi connectivity index (χ1) is 6.66. The maximum absolute atomic E-state index is 11.9. The molecule has 0 spiro atoms. The molecule has 0 aliphatic heterocycles. The highest BCUT2D eigenvalue weighted by Crippen LogP contribution is 2.07. The van der Waals surface area contributed by atoms with Gasteiger partial charge >= 0.3 is 0 Å². The van der Waals surface area contributed by atoms with Crippen LogP contribution in [0, 0.1) is 7.05 Å². The number of carbonyl (C=O) groups is 1. The van der Waals surface area contributed by atoms with E-state index in [9.17, 15) is 4.79 Å². The fraction of sp³-hybridized carbons (Fsp3) is 0.333. The van der Waals surface area contributed by atoms with Crippen molar-refractivity contribution in [2.75, 3.05) is 6.54 Å². The van der Waals surface area contributed by atoms with E-state index in [1.807, 2.05) is 44.2 Å². The fourth-order valence-corrected chi connectivity index (χ4v) is 1.28. The molecule has 76 valence electrons. The SMILES string of the molecule is [CH2-]N(CC)C(C)C(=O)c1ccccc1. The van der Waals surface area contributed by atoms with Crippen molar-refractivity contribution in [3.8, 4) is 0 Å². The van der Waals surface area contributed by atoms with Crippen LogP contribution in [-0.2, 0) is 0 Å². The standard InChI is InChI=1S/C12H16NO/c1-4-13(3)10(2)12(14)11-8-6-5-7-9-11/h5-10H,3-4H2,1-2H3/q-1. The van der Waals surface area contributed by atoms with Crippen LogP contribution in [-0.4, -0.2) is 23.3 Å². The van der Waals surface area contributed by atoms with E-state index in [1.54, 1.807) is 4.90 Å². The van der Waals surface area contributed by atoms with Gasteiger partial charge in [0, 0.05) is 11.6 Å². The van der Waals surface area contributed by atoms with Crippen molar-refractivity contribution in [2.24, 2.45) is 0 Å². The summed E-state index contributed by atoms with van der Waals surface area (Å²) in [5.41, 5.74) is 0.752. The molecule has 1 unspecified atom stereocenters. The second-order valence-corrected chi connectivity index (χ2v) is 3.31. The predicted octanol–water partition coefficient (Wildman–Crippen LogP) is 2.37. The molecule has 1 aromatic carbocycles. The van der Waals surface area contributed by atoms with Gasteiger partial charge in [-0.3, -0.25) is 11.8 Å². The molecule has 0 saturated heterocycles.